The fraction of sp³-hybridized carbons (Fsp3) is 0.654. The van der Waals surface area contributed by atoms with Gasteiger partial charge in [-0.05, 0) is 62.6 Å². The summed E-state index contributed by atoms with van der Waals surface area (Å²) < 4.78 is 19.0. The number of amides is 1. The lowest BCUT2D eigenvalue weighted by Crippen LogP contribution is -2.78. The van der Waals surface area contributed by atoms with Crippen LogP contribution in [-0.2, 0) is 21.4 Å². The summed E-state index contributed by atoms with van der Waals surface area (Å²) in [6.07, 6.45) is 8.75. The van der Waals surface area contributed by atoms with Gasteiger partial charge in [-0.15, -0.1) is 0 Å². The van der Waals surface area contributed by atoms with Gasteiger partial charge in [0.1, 0.15) is 11.7 Å². The van der Waals surface area contributed by atoms with Gasteiger partial charge in [0.2, 0.25) is 5.91 Å². The predicted octanol–water partition coefficient (Wildman–Crippen LogP) is 2.59. The number of methoxy groups -OCH3 is 2. The maximum absolute atomic E-state index is 13.2. The average molecular weight is 437 g/mol. The number of hydrogen-bond acceptors (Lipinski definition) is 5. The van der Waals surface area contributed by atoms with E-state index in [0.717, 1.165) is 55.2 Å². The van der Waals surface area contributed by atoms with Crippen LogP contribution in [0, 0.1) is 11.3 Å². The first-order chi connectivity index (χ1) is 15.5. The van der Waals surface area contributed by atoms with Crippen LogP contribution in [0.3, 0.4) is 0 Å². The SMILES string of the molecule is CNC(=O)C1=C[C@@]23CC[C@]1(OC)[C@@H]1Oc4c(OC)ccc5c4[C@@]12CCN(CC1CC1)[C@@H]3C5. The summed E-state index contributed by atoms with van der Waals surface area (Å²) in [4.78, 5) is 16.0. The molecule has 1 aromatic carbocycles. The third-order valence-corrected chi connectivity index (χ3v) is 9.85. The number of piperidine rings is 1. The molecule has 0 aromatic heterocycles. The number of nitrogens with zero attached hydrogens (tertiary/aromatic N) is 1. The van der Waals surface area contributed by atoms with E-state index in [1.807, 2.05) is 0 Å². The number of benzene rings is 1. The first kappa shape index (κ1) is 19.4. The van der Waals surface area contributed by atoms with Gasteiger partial charge in [0.25, 0.3) is 0 Å². The second-order valence-corrected chi connectivity index (χ2v) is 10.8. The molecular formula is C26H32N2O4. The molecule has 2 aliphatic heterocycles. The molecule has 1 N–H and O–H groups in total. The van der Waals surface area contributed by atoms with Crippen LogP contribution in [-0.4, -0.2) is 62.9 Å². The molecule has 5 aliphatic carbocycles. The van der Waals surface area contributed by atoms with Crippen molar-refractivity contribution in [3.8, 4) is 11.5 Å². The highest BCUT2D eigenvalue weighted by Crippen LogP contribution is 2.74. The Bertz CT molecular complexity index is 1060. The number of likely N-dealkylation sites (N-methyl/N-ethyl adjacent to an activating group) is 1. The summed E-state index contributed by atoms with van der Waals surface area (Å²) in [6.45, 7) is 2.27. The third kappa shape index (κ3) is 1.95. The molecule has 7 aliphatic rings. The number of nitrogens with one attached hydrogen (secondary N) is 1. The highest BCUT2D eigenvalue weighted by atomic mass is 16.6. The zero-order valence-corrected chi connectivity index (χ0v) is 19.2. The molecule has 2 spiro atoms. The summed E-state index contributed by atoms with van der Waals surface area (Å²) in [7, 11) is 5.18. The lowest BCUT2D eigenvalue weighted by atomic mass is 9.37. The Morgan fingerprint density at radius 2 is 2.09 bits per heavy atom. The molecule has 4 bridgehead atoms. The molecule has 32 heavy (non-hydrogen) atoms. The Morgan fingerprint density at radius 3 is 2.81 bits per heavy atom. The van der Waals surface area contributed by atoms with E-state index in [2.05, 4.69) is 28.4 Å². The molecule has 2 saturated carbocycles. The second kappa shape index (κ2) is 6.09. The number of carbonyl (C=O) groups excluding carboxylic acids is 1. The lowest BCUT2D eigenvalue weighted by molar-refractivity contribution is -0.196. The Kier molecular flexibility index (Phi) is 3.69. The topological polar surface area (TPSA) is 60.0 Å². The molecule has 8 rings (SSSR count). The van der Waals surface area contributed by atoms with E-state index in [-0.39, 0.29) is 22.8 Å². The molecule has 170 valence electrons. The van der Waals surface area contributed by atoms with Crippen molar-refractivity contribution in [1.29, 1.82) is 0 Å². The molecular weight excluding hydrogens is 404 g/mol. The van der Waals surface area contributed by atoms with Crippen molar-refractivity contribution in [2.45, 2.75) is 61.7 Å². The Labute approximate surface area is 189 Å². The zero-order chi connectivity index (χ0) is 21.9. The van der Waals surface area contributed by atoms with E-state index < -0.39 is 5.60 Å². The molecule has 1 aromatic rings. The van der Waals surface area contributed by atoms with Gasteiger partial charge < -0.3 is 19.5 Å². The van der Waals surface area contributed by atoms with E-state index in [1.54, 1.807) is 21.3 Å². The fourth-order valence-electron chi connectivity index (χ4n) is 8.40. The van der Waals surface area contributed by atoms with Crippen LogP contribution in [0.4, 0.5) is 0 Å². The van der Waals surface area contributed by atoms with Gasteiger partial charge in [0.15, 0.2) is 11.5 Å². The van der Waals surface area contributed by atoms with Crippen LogP contribution in [0.25, 0.3) is 0 Å². The van der Waals surface area contributed by atoms with Crippen molar-refractivity contribution in [3.63, 3.8) is 0 Å². The van der Waals surface area contributed by atoms with Crippen LogP contribution >= 0.6 is 0 Å². The van der Waals surface area contributed by atoms with E-state index in [0.29, 0.717) is 6.04 Å². The standard InChI is InChI=1S/C26H32N2O4/c1-27-22(29)17-13-24-8-9-26(17,31-3)23-25(24)10-11-28(14-15-4-5-15)19(24)12-16-6-7-18(30-2)21(32-23)20(16)25/h6-7,13,15,19,23H,4-5,8-12,14H2,1-3H3,(H,27,29)/t19-,23-,24-,25+,26-/m1/s1. The van der Waals surface area contributed by atoms with Crippen LogP contribution < -0.4 is 14.8 Å². The Balaban J connectivity index is 1.52. The normalized spacial score (nSPS) is 40.4. The van der Waals surface area contributed by atoms with Gasteiger partial charge in [-0.2, -0.15) is 0 Å². The van der Waals surface area contributed by atoms with Gasteiger partial charge in [-0.25, -0.2) is 0 Å². The average Bonchev–Trinajstić information content (AvgIpc) is 3.57. The minimum Gasteiger partial charge on any atom is -0.493 e. The highest BCUT2D eigenvalue weighted by molar-refractivity contribution is 5.97. The molecule has 1 saturated heterocycles. The number of fused-ring (bicyclic) bond motifs is 1. The Hall–Kier alpha value is -2.05. The summed E-state index contributed by atoms with van der Waals surface area (Å²) in [5, 5.41) is 2.89. The van der Waals surface area contributed by atoms with Crippen molar-refractivity contribution >= 4 is 5.91 Å². The monoisotopic (exact) mass is 436 g/mol. The van der Waals surface area contributed by atoms with Crippen LogP contribution in [0.2, 0.25) is 0 Å². The van der Waals surface area contributed by atoms with Crippen molar-refractivity contribution in [1.82, 2.24) is 10.2 Å². The van der Waals surface area contributed by atoms with E-state index in [9.17, 15) is 4.79 Å². The minimum absolute atomic E-state index is 0.0371. The molecule has 0 radical (unpaired) electrons. The highest BCUT2D eigenvalue weighted by Gasteiger charge is 2.79. The summed E-state index contributed by atoms with van der Waals surface area (Å²) in [6, 6.07) is 4.72. The quantitative estimate of drug-likeness (QED) is 0.769. The van der Waals surface area contributed by atoms with Gasteiger partial charge in [-0.1, -0.05) is 12.1 Å². The van der Waals surface area contributed by atoms with E-state index in [1.165, 1.54) is 30.5 Å². The largest absolute Gasteiger partial charge is 0.493 e. The van der Waals surface area contributed by atoms with E-state index >= 15 is 0 Å². The molecule has 0 unspecified atom stereocenters. The van der Waals surface area contributed by atoms with Crippen molar-refractivity contribution in [2.75, 3.05) is 34.4 Å². The molecule has 6 heteroatoms. The maximum atomic E-state index is 13.2. The van der Waals surface area contributed by atoms with E-state index in [4.69, 9.17) is 14.2 Å². The lowest BCUT2D eigenvalue weighted by Gasteiger charge is -2.70. The van der Waals surface area contributed by atoms with Gasteiger partial charge in [-0.3, -0.25) is 9.69 Å². The third-order valence-electron chi connectivity index (χ3n) is 9.85. The molecule has 2 heterocycles. The number of ether oxygens (including phenoxy) is 3. The summed E-state index contributed by atoms with van der Waals surface area (Å²) in [5.41, 5.74) is 2.50. The van der Waals surface area contributed by atoms with Crippen molar-refractivity contribution < 1.29 is 19.0 Å². The predicted molar refractivity (Wildman–Crippen MR) is 119 cm³/mol. The van der Waals surface area contributed by atoms with Crippen LogP contribution in [0.5, 0.6) is 11.5 Å². The molecule has 6 nitrogen and oxygen atoms in total. The maximum Gasteiger partial charge on any atom is 0.249 e. The minimum atomic E-state index is -0.732. The van der Waals surface area contributed by atoms with Crippen molar-refractivity contribution in [2.24, 2.45) is 11.3 Å². The molecule has 1 amide bonds. The van der Waals surface area contributed by atoms with Crippen LogP contribution in [0.1, 0.15) is 43.2 Å². The second-order valence-electron chi connectivity index (χ2n) is 10.8. The molecule has 5 atom stereocenters. The smallest absolute Gasteiger partial charge is 0.249 e. The zero-order valence-electron chi connectivity index (χ0n) is 19.2. The van der Waals surface area contributed by atoms with Crippen LogP contribution in [0.15, 0.2) is 23.8 Å². The number of likely N-dealkylation sites (tertiary alicyclic amines) is 1. The number of carbonyl (C=O) groups is 1. The summed E-state index contributed by atoms with van der Waals surface area (Å²) in [5.74, 6) is 2.50. The van der Waals surface area contributed by atoms with Gasteiger partial charge in [0, 0.05) is 43.3 Å². The van der Waals surface area contributed by atoms with Gasteiger partial charge in [0.05, 0.1) is 12.5 Å². The first-order valence-electron chi connectivity index (χ1n) is 12.2. The molecule has 3 fully saturated rings. The fourth-order valence-corrected chi connectivity index (χ4v) is 8.40. The Morgan fingerprint density at radius 1 is 1.25 bits per heavy atom. The number of hydrogen-bond donors (Lipinski definition) is 1. The van der Waals surface area contributed by atoms with Gasteiger partial charge >= 0.3 is 0 Å². The first-order valence-corrected chi connectivity index (χ1v) is 12.2. The van der Waals surface area contributed by atoms with Crippen molar-refractivity contribution in [3.05, 3.63) is 34.9 Å². The summed E-state index contributed by atoms with van der Waals surface area (Å²) >= 11 is 0. The number of rotatable bonds is 5.